The largest absolute Gasteiger partial charge is 0.365 e. The van der Waals surface area contributed by atoms with E-state index in [1.807, 2.05) is 34.7 Å². The predicted octanol–water partition coefficient (Wildman–Crippen LogP) is 2.76. The molecule has 1 atom stereocenters. The monoisotopic (exact) mass is 440 g/mol. The normalized spacial score (nSPS) is 16.6. The van der Waals surface area contributed by atoms with Crippen LogP contribution in [0.1, 0.15) is 52.9 Å². The van der Waals surface area contributed by atoms with Gasteiger partial charge in [-0.15, -0.1) is 0 Å². The average molecular weight is 441 g/mol. The number of hydrogen-bond donors (Lipinski definition) is 1. The summed E-state index contributed by atoms with van der Waals surface area (Å²) in [6.45, 7) is 3.05. The highest BCUT2D eigenvalue weighted by molar-refractivity contribution is 6.31. The van der Waals surface area contributed by atoms with Crippen LogP contribution in [0.25, 0.3) is 11.0 Å². The Hall–Kier alpha value is -3.00. The van der Waals surface area contributed by atoms with E-state index in [1.54, 1.807) is 6.92 Å². The Morgan fingerprint density at radius 1 is 1.29 bits per heavy atom. The molecule has 4 rings (SSSR count). The molecule has 9 heteroatoms. The van der Waals surface area contributed by atoms with Crippen LogP contribution in [0.3, 0.4) is 0 Å². The molecule has 0 spiro atoms. The van der Waals surface area contributed by atoms with Crippen LogP contribution < -0.4 is 5.73 Å². The quantitative estimate of drug-likeness (QED) is 0.656. The van der Waals surface area contributed by atoms with Gasteiger partial charge in [-0.1, -0.05) is 11.6 Å². The molecule has 31 heavy (non-hydrogen) atoms. The van der Waals surface area contributed by atoms with Gasteiger partial charge in [-0.05, 0) is 38.0 Å². The van der Waals surface area contributed by atoms with Crippen LogP contribution in [0.2, 0.25) is 5.02 Å². The standard InChI is InChI=1S/C22H25ClN6O2/c1-13-16(21(24)31)11-25-22(26-13)14-4-3-9-29(12-14)20(30)8-7-19-27-17-10-15(23)5-6-18(17)28(19)2/h5-6,10-11,14H,3-4,7-9,12H2,1-2H3,(H2,24,31)/t14-/m0/s1. The molecule has 0 aliphatic carbocycles. The number of nitrogens with zero attached hydrogens (tertiary/aromatic N) is 5. The molecule has 1 fully saturated rings. The lowest BCUT2D eigenvalue weighted by Gasteiger charge is -2.32. The van der Waals surface area contributed by atoms with E-state index in [-0.39, 0.29) is 11.8 Å². The van der Waals surface area contributed by atoms with Gasteiger partial charge in [-0.25, -0.2) is 15.0 Å². The Kier molecular flexibility index (Phi) is 5.91. The average Bonchev–Trinajstić information content (AvgIpc) is 3.06. The molecule has 2 N–H and O–H groups in total. The number of aryl methyl sites for hydroxylation is 3. The highest BCUT2D eigenvalue weighted by Gasteiger charge is 2.27. The number of likely N-dealkylation sites (tertiary alicyclic amines) is 1. The number of imidazole rings is 1. The Labute approximate surface area is 185 Å². The zero-order chi connectivity index (χ0) is 22.1. The first-order valence-electron chi connectivity index (χ1n) is 10.4. The van der Waals surface area contributed by atoms with Crippen molar-refractivity contribution in [3.05, 3.63) is 52.3 Å². The number of hydrogen-bond acceptors (Lipinski definition) is 5. The summed E-state index contributed by atoms with van der Waals surface area (Å²) in [7, 11) is 1.95. The van der Waals surface area contributed by atoms with Crippen molar-refractivity contribution in [3.63, 3.8) is 0 Å². The van der Waals surface area contributed by atoms with Crippen molar-refractivity contribution in [1.82, 2.24) is 24.4 Å². The third kappa shape index (κ3) is 4.39. The molecule has 1 aliphatic rings. The van der Waals surface area contributed by atoms with Crippen LogP contribution >= 0.6 is 11.6 Å². The first-order valence-corrected chi connectivity index (χ1v) is 10.7. The SMILES string of the molecule is Cc1nc([C@H]2CCCN(C(=O)CCc3nc4cc(Cl)ccc4n3C)C2)ncc1C(N)=O. The zero-order valence-corrected chi connectivity index (χ0v) is 18.4. The zero-order valence-electron chi connectivity index (χ0n) is 17.6. The third-order valence-corrected chi connectivity index (χ3v) is 6.14. The number of primary amides is 1. The van der Waals surface area contributed by atoms with E-state index in [0.29, 0.717) is 41.5 Å². The second kappa shape index (κ2) is 8.63. The molecule has 3 heterocycles. The maximum absolute atomic E-state index is 12.9. The number of piperidine rings is 1. The van der Waals surface area contributed by atoms with E-state index >= 15 is 0 Å². The van der Waals surface area contributed by atoms with Crippen molar-refractivity contribution in [2.24, 2.45) is 12.8 Å². The lowest BCUT2D eigenvalue weighted by atomic mass is 9.96. The van der Waals surface area contributed by atoms with Gasteiger partial charge in [0.05, 0.1) is 22.3 Å². The number of nitrogens with two attached hydrogens (primary N) is 1. The fourth-order valence-electron chi connectivity index (χ4n) is 4.16. The summed E-state index contributed by atoms with van der Waals surface area (Å²) in [5.74, 6) is 1.14. The Bertz CT molecular complexity index is 1160. The van der Waals surface area contributed by atoms with Gasteiger partial charge in [0, 0.05) is 50.1 Å². The number of benzene rings is 1. The van der Waals surface area contributed by atoms with Crippen molar-refractivity contribution < 1.29 is 9.59 Å². The Morgan fingerprint density at radius 3 is 2.84 bits per heavy atom. The van der Waals surface area contributed by atoms with Crippen LogP contribution in [0.4, 0.5) is 0 Å². The minimum atomic E-state index is -0.534. The van der Waals surface area contributed by atoms with Gasteiger partial charge in [0.1, 0.15) is 11.6 Å². The number of carbonyl (C=O) groups excluding carboxylic acids is 2. The lowest BCUT2D eigenvalue weighted by Crippen LogP contribution is -2.39. The van der Waals surface area contributed by atoms with E-state index in [1.165, 1.54) is 6.20 Å². The number of aromatic nitrogens is 4. The summed E-state index contributed by atoms with van der Waals surface area (Å²) in [4.78, 5) is 39.7. The van der Waals surface area contributed by atoms with Crippen molar-refractivity contribution in [3.8, 4) is 0 Å². The molecule has 2 amide bonds. The summed E-state index contributed by atoms with van der Waals surface area (Å²) < 4.78 is 2.01. The molecule has 0 bridgehead atoms. The molecule has 0 unspecified atom stereocenters. The van der Waals surface area contributed by atoms with E-state index in [9.17, 15) is 9.59 Å². The fourth-order valence-corrected chi connectivity index (χ4v) is 4.33. The molecule has 3 aromatic rings. The minimum absolute atomic E-state index is 0.0521. The summed E-state index contributed by atoms with van der Waals surface area (Å²) in [5, 5.41) is 0.647. The van der Waals surface area contributed by atoms with E-state index in [4.69, 9.17) is 17.3 Å². The smallest absolute Gasteiger partial charge is 0.252 e. The summed E-state index contributed by atoms with van der Waals surface area (Å²) in [5.41, 5.74) is 8.08. The van der Waals surface area contributed by atoms with Crippen LogP contribution in [-0.2, 0) is 18.3 Å². The summed E-state index contributed by atoms with van der Waals surface area (Å²) in [6, 6.07) is 5.62. The number of carbonyl (C=O) groups is 2. The van der Waals surface area contributed by atoms with Crippen LogP contribution in [0, 0.1) is 6.92 Å². The van der Waals surface area contributed by atoms with Gasteiger partial charge in [-0.2, -0.15) is 0 Å². The highest BCUT2D eigenvalue weighted by atomic mass is 35.5. The van der Waals surface area contributed by atoms with Crippen molar-refractivity contribution in [2.75, 3.05) is 13.1 Å². The van der Waals surface area contributed by atoms with Crippen molar-refractivity contribution in [1.29, 1.82) is 0 Å². The molecule has 0 radical (unpaired) electrons. The first-order chi connectivity index (χ1) is 14.8. The van der Waals surface area contributed by atoms with E-state index < -0.39 is 5.91 Å². The molecule has 162 valence electrons. The third-order valence-electron chi connectivity index (χ3n) is 5.90. The number of halogens is 1. The first kappa shape index (κ1) is 21.2. The van der Waals surface area contributed by atoms with Gasteiger partial charge in [0.2, 0.25) is 5.91 Å². The maximum atomic E-state index is 12.9. The summed E-state index contributed by atoms with van der Waals surface area (Å²) in [6.07, 6.45) is 4.23. The Morgan fingerprint density at radius 2 is 2.10 bits per heavy atom. The number of rotatable bonds is 5. The highest BCUT2D eigenvalue weighted by Crippen LogP contribution is 2.26. The molecule has 0 saturated carbocycles. The lowest BCUT2D eigenvalue weighted by molar-refractivity contribution is -0.132. The van der Waals surface area contributed by atoms with Crippen molar-refractivity contribution in [2.45, 2.75) is 38.5 Å². The second-order valence-electron chi connectivity index (χ2n) is 7.99. The molecule has 1 aromatic carbocycles. The van der Waals surface area contributed by atoms with E-state index in [2.05, 4.69) is 15.0 Å². The van der Waals surface area contributed by atoms with Crippen LogP contribution in [-0.4, -0.2) is 49.3 Å². The molecular weight excluding hydrogens is 416 g/mol. The second-order valence-corrected chi connectivity index (χ2v) is 8.43. The molecule has 1 saturated heterocycles. The van der Waals surface area contributed by atoms with Gasteiger partial charge in [-0.3, -0.25) is 9.59 Å². The minimum Gasteiger partial charge on any atom is -0.365 e. The topological polar surface area (TPSA) is 107 Å². The maximum Gasteiger partial charge on any atom is 0.252 e. The molecule has 1 aliphatic heterocycles. The van der Waals surface area contributed by atoms with E-state index in [0.717, 1.165) is 36.2 Å². The summed E-state index contributed by atoms with van der Waals surface area (Å²) >= 11 is 6.06. The number of amides is 2. The van der Waals surface area contributed by atoms with Gasteiger partial charge < -0.3 is 15.2 Å². The predicted molar refractivity (Wildman–Crippen MR) is 118 cm³/mol. The Balaban J connectivity index is 1.42. The number of fused-ring (bicyclic) bond motifs is 1. The molecule has 8 nitrogen and oxygen atoms in total. The fraction of sp³-hybridized carbons (Fsp3) is 0.409. The van der Waals surface area contributed by atoms with Gasteiger partial charge in [0.25, 0.3) is 5.91 Å². The van der Waals surface area contributed by atoms with Gasteiger partial charge >= 0.3 is 0 Å². The molecular formula is C22H25ClN6O2. The van der Waals surface area contributed by atoms with Gasteiger partial charge in [0.15, 0.2) is 0 Å². The van der Waals surface area contributed by atoms with Crippen LogP contribution in [0.15, 0.2) is 24.4 Å². The van der Waals surface area contributed by atoms with Crippen molar-refractivity contribution >= 4 is 34.4 Å². The molecule has 2 aromatic heterocycles. The van der Waals surface area contributed by atoms with Crippen LogP contribution in [0.5, 0.6) is 0 Å².